The number of carbonyl (C=O) groups excluding carboxylic acids is 1. The minimum atomic E-state index is -0.293. The lowest BCUT2D eigenvalue weighted by Gasteiger charge is -2.32. The Balaban J connectivity index is 1.24. The van der Waals surface area contributed by atoms with Crippen LogP contribution in [0.15, 0.2) is 48.7 Å². The molecule has 6 rings (SSSR count). The number of benzene rings is 2. The number of carbonyl (C=O) groups is 1. The third-order valence-corrected chi connectivity index (χ3v) is 6.72. The molecule has 2 saturated heterocycles. The van der Waals surface area contributed by atoms with Crippen molar-refractivity contribution >= 4 is 22.5 Å². The zero-order valence-electron chi connectivity index (χ0n) is 19.3. The number of nitrogens with zero attached hydrogens (tertiary/aromatic N) is 6. The van der Waals surface area contributed by atoms with Crippen LogP contribution in [0.4, 0.5) is 5.69 Å². The molecule has 180 valence electrons. The maximum absolute atomic E-state index is 12.7. The quantitative estimate of drug-likeness (QED) is 0.467. The lowest BCUT2D eigenvalue weighted by Crippen LogP contribution is -2.40. The molecule has 0 saturated carbocycles. The van der Waals surface area contributed by atoms with Crippen LogP contribution in [-0.2, 0) is 4.74 Å². The van der Waals surface area contributed by atoms with E-state index >= 15 is 0 Å². The Morgan fingerprint density at radius 2 is 1.86 bits per heavy atom. The lowest BCUT2D eigenvalue weighted by molar-refractivity contribution is 0.0303. The average molecular weight is 474 g/mol. The molecule has 2 fully saturated rings. The standard InChI is InChI=1S/C25H27N7O3/c33-20-2-1-9-31(15-20)19-7-8-22-21(14-19)24(28-26-22)23-16-32(29-27-23)18-5-3-17(4-6-18)25(34)30-10-12-35-13-11-30/h3-8,14,16,20,33H,1-2,9-13,15H2,(H,26,28). The summed E-state index contributed by atoms with van der Waals surface area (Å²) in [6.45, 7) is 3.95. The fraction of sp³-hybridized carbons (Fsp3) is 0.360. The van der Waals surface area contributed by atoms with Gasteiger partial charge in [0.2, 0.25) is 0 Å². The molecule has 0 spiro atoms. The summed E-state index contributed by atoms with van der Waals surface area (Å²) < 4.78 is 7.02. The molecule has 1 amide bonds. The van der Waals surface area contributed by atoms with E-state index in [1.165, 1.54) is 0 Å². The Labute approximate surface area is 202 Å². The number of anilines is 1. The van der Waals surface area contributed by atoms with Crippen molar-refractivity contribution in [3.05, 3.63) is 54.2 Å². The van der Waals surface area contributed by atoms with Crippen molar-refractivity contribution in [3.8, 4) is 17.1 Å². The van der Waals surface area contributed by atoms with Gasteiger partial charge in [-0.1, -0.05) is 5.21 Å². The number of hydrogen-bond acceptors (Lipinski definition) is 7. The Hall–Kier alpha value is -3.76. The Morgan fingerprint density at radius 1 is 1.06 bits per heavy atom. The summed E-state index contributed by atoms with van der Waals surface area (Å²) in [5.74, 6) is 0.0131. The molecular formula is C25H27N7O3. The van der Waals surface area contributed by atoms with Gasteiger partial charge in [0.25, 0.3) is 5.91 Å². The highest BCUT2D eigenvalue weighted by molar-refractivity contribution is 5.95. The molecule has 35 heavy (non-hydrogen) atoms. The molecule has 10 nitrogen and oxygen atoms in total. The topological polar surface area (TPSA) is 112 Å². The minimum absolute atomic E-state index is 0.0131. The van der Waals surface area contributed by atoms with E-state index in [0.29, 0.717) is 44.1 Å². The first-order chi connectivity index (χ1) is 17.2. The molecular weight excluding hydrogens is 446 g/mol. The Kier molecular flexibility index (Phi) is 5.67. The van der Waals surface area contributed by atoms with Crippen molar-refractivity contribution in [3.63, 3.8) is 0 Å². The third kappa shape index (κ3) is 4.26. The zero-order valence-corrected chi connectivity index (χ0v) is 19.3. The van der Waals surface area contributed by atoms with Crippen molar-refractivity contribution in [2.45, 2.75) is 18.9 Å². The lowest BCUT2D eigenvalue weighted by atomic mass is 10.1. The number of aliphatic hydroxyl groups is 1. The number of hydrogen-bond donors (Lipinski definition) is 2. The van der Waals surface area contributed by atoms with Crippen LogP contribution < -0.4 is 4.90 Å². The number of rotatable bonds is 4. The van der Waals surface area contributed by atoms with E-state index in [1.54, 1.807) is 4.68 Å². The maximum atomic E-state index is 12.7. The number of amides is 1. The van der Waals surface area contributed by atoms with Gasteiger partial charge < -0.3 is 19.6 Å². The molecule has 2 aromatic carbocycles. The second-order valence-corrected chi connectivity index (χ2v) is 9.04. The second-order valence-electron chi connectivity index (χ2n) is 9.04. The molecule has 2 N–H and O–H groups in total. The predicted molar refractivity (Wildman–Crippen MR) is 131 cm³/mol. The molecule has 10 heteroatoms. The van der Waals surface area contributed by atoms with Crippen LogP contribution in [-0.4, -0.2) is 86.6 Å². The van der Waals surface area contributed by atoms with E-state index in [1.807, 2.05) is 41.4 Å². The number of fused-ring (bicyclic) bond motifs is 1. The van der Waals surface area contributed by atoms with Crippen LogP contribution in [0.1, 0.15) is 23.2 Å². The van der Waals surface area contributed by atoms with Gasteiger partial charge in [0, 0.05) is 42.8 Å². The van der Waals surface area contributed by atoms with E-state index < -0.39 is 0 Å². The second kappa shape index (κ2) is 9.12. The normalized spacial score (nSPS) is 18.8. The summed E-state index contributed by atoms with van der Waals surface area (Å²) in [7, 11) is 0. The van der Waals surface area contributed by atoms with Gasteiger partial charge in [0.1, 0.15) is 11.4 Å². The first-order valence-corrected chi connectivity index (χ1v) is 12.0. The number of piperidine rings is 1. The van der Waals surface area contributed by atoms with Gasteiger partial charge in [-0.2, -0.15) is 5.10 Å². The molecule has 0 bridgehead atoms. The number of nitrogens with one attached hydrogen (secondary N) is 1. The van der Waals surface area contributed by atoms with Crippen LogP contribution >= 0.6 is 0 Å². The van der Waals surface area contributed by atoms with Crippen molar-refractivity contribution in [1.29, 1.82) is 0 Å². The van der Waals surface area contributed by atoms with Crippen LogP contribution in [0.5, 0.6) is 0 Å². The molecule has 4 heterocycles. The largest absolute Gasteiger partial charge is 0.391 e. The fourth-order valence-electron chi connectivity index (χ4n) is 4.79. The summed E-state index contributed by atoms with van der Waals surface area (Å²) in [5.41, 5.74) is 4.81. The fourth-order valence-corrected chi connectivity index (χ4v) is 4.79. The van der Waals surface area contributed by atoms with Gasteiger partial charge >= 0.3 is 0 Å². The van der Waals surface area contributed by atoms with Crippen molar-refractivity contribution in [2.24, 2.45) is 0 Å². The van der Waals surface area contributed by atoms with Crippen LogP contribution in [0.25, 0.3) is 28.0 Å². The molecule has 2 aliphatic heterocycles. The zero-order chi connectivity index (χ0) is 23.8. The summed E-state index contributed by atoms with van der Waals surface area (Å²) in [6, 6.07) is 13.5. The van der Waals surface area contributed by atoms with Gasteiger partial charge in [-0.25, -0.2) is 4.68 Å². The van der Waals surface area contributed by atoms with E-state index in [-0.39, 0.29) is 12.0 Å². The van der Waals surface area contributed by atoms with Crippen LogP contribution in [0.3, 0.4) is 0 Å². The monoisotopic (exact) mass is 473 g/mol. The number of aromatic nitrogens is 5. The third-order valence-electron chi connectivity index (χ3n) is 6.72. The summed E-state index contributed by atoms with van der Waals surface area (Å²) in [6.07, 6.45) is 3.37. The van der Waals surface area contributed by atoms with Gasteiger partial charge in [-0.3, -0.25) is 9.89 Å². The minimum Gasteiger partial charge on any atom is -0.391 e. The smallest absolute Gasteiger partial charge is 0.254 e. The average Bonchev–Trinajstić information content (AvgIpc) is 3.56. The van der Waals surface area contributed by atoms with Crippen molar-refractivity contribution in [2.75, 3.05) is 44.3 Å². The highest BCUT2D eigenvalue weighted by Crippen LogP contribution is 2.30. The van der Waals surface area contributed by atoms with Gasteiger partial charge in [0.15, 0.2) is 0 Å². The molecule has 1 atom stereocenters. The van der Waals surface area contributed by atoms with Crippen LogP contribution in [0.2, 0.25) is 0 Å². The number of aromatic amines is 1. The molecule has 1 unspecified atom stereocenters. The molecule has 0 radical (unpaired) electrons. The highest BCUT2D eigenvalue weighted by atomic mass is 16.5. The number of H-pyrrole nitrogens is 1. The molecule has 2 aromatic heterocycles. The first kappa shape index (κ1) is 21.8. The van der Waals surface area contributed by atoms with Crippen molar-refractivity contribution in [1.82, 2.24) is 30.1 Å². The molecule has 2 aliphatic rings. The Bertz CT molecular complexity index is 1340. The number of ether oxygens (including phenoxy) is 1. The van der Waals surface area contributed by atoms with Crippen LogP contribution in [0, 0.1) is 0 Å². The first-order valence-electron chi connectivity index (χ1n) is 12.0. The summed E-state index contributed by atoms with van der Waals surface area (Å²) in [5, 5.41) is 27.2. The maximum Gasteiger partial charge on any atom is 0.254 e. The van der Waals surface area contributed by atoms with Gasteiger partial charge in [0.05, 0.1) is 36.7 Å². The number of β-amino-alcohol motifs (C(OH)–C–C–N with tert-alkyl or cyclic N) is 1. The molecule has 0 aliphatic carbocycles. The van der Waals surface area contributed by atoms with Crippen molar-refractivity contribution < 1.29 is 14.6 Å². The molecule has 4 aromatic rings. The number of morpholine rings is 1. The van der Waals surface area contributed by atoms with E-state index in [4.69, 9.17) is 4.74 Å². The SMILES string of the molecule is O=C(c1ccc(-n2cc(-c3n[nH]c4ccc(N5CCCC(O)C5)cc34)nn2)cc1)N1CCOCC1. The highest BCUT2D eigenvalue weighted by Gasteiger charge is 2.21. The van der Waals surface area contributed by atoms with E-state index in [2.05, 4.69) is 37.5 Å². The van der Waals surface area contributed by atoms with Gasteiger partial charge in [-0.15, -0.1) is 5.10 Å². The van der Waals surface area contributed by atoms with E-state index in [9.17, 15) is 9.90 Å². The number of aliphatic hydroxyl groups excluding tert-OH is 1. The van der Waals surface area contributed by atoms with E-state index in [0.717, 1.165) is 47.4 Å². The summed E-state index contributed by atoms with van der Waals surface area (Å²) in [4.78, 5) is 16.7. The van der Waals surface area contributed by atoms with Gasteiger partial charge in [-0.05, 0) is 55.3 Å². The predicted octanol–water partition coefficient (Wildman–Crippen LogP) is 2.24. The summed E-state index contributed by atoms with van der Waals surface area (Å²) >= 11 is 0. The Morgan fingerprint density at radius 3 is 2.66 bits per heavy atom.